The number of ether oxygens (including phenoxy) is 1. The van der Waals surface area contributed by atoms with Crippen LogP contribution >= 0.6 is 0 Å². The van der Waals surface area contributed by atoms with Crippen LogP contribution in [0.5, 0.6) is 0 Å². The summed E-state index contributed by atoms with van der Waals surface area (Å²) in [7, 11) is 0. The van der Waals surface area contributed by atoms with Crippen molar-refractivity contribution in [2.24, 2.45) is 0 Å². The number of para-hydroxylation sites is 1. The SMILES string of the molecule is CCOCCN(Cc1ccccc1N)C(C)C. The molecule has 17 heavy (non-hydrogen) atoms. The van der Waals surface area contributed by atoms with Gasteiger partial charge in [0.25, 0.3) is 0 Å². The number of benzene rings is 1. The zero-order valence-electron chi connectivity index (χ0n) is 11.1. The van der Waals surface area contributed by atoms with Crippen LogP contribution in [0.15, 0.2) is 24.3 Å². The second-order valence-corrected chi connectivity index (χ2v) is 4.46. The lowest BCUT2D eigenvalue weighted by Crippen LogP contribution is -2.33. The summed E-state index contributed by atoms with van der Waals surface area (Å²) in [5.74, 6) is 0. The van der Waals surface area contributed by atoms with Gasteiger partial charge in [-0.3, -0.25) is 4.90 Å². The van der Waals surface area contributed by atoms with Gasteiger partial charge in [-0.15, -0.1) is 0 Å². The molecule has 0 radical (unpaired) electrons. The monoisotopic (exact) mass is 236 g/mol. The molecule has 3 heteroatoms. The summed E-state index contributed by atoms with van der Waals surface area (Å²) in [6.07, 6.45) is 0. The number of nitrogens with two attached hydrogens (primary N) is 1. The van der Waals surface area contributed by atoms with Gasteiger partial charge in [0, 0.05) is 31.4 Å². The molecule has 0 spiro atoms. The predicted molar refractivity (Wildman–Crippen MR) is 72.9 cm³/mol. The minimum Gasteiger partial charge on any atom is -0.398 e. The van der Waals surface area contributed by atoms with Crippen molar-refractivity contribution in [3.05, 3.63) is 29.8 Å². The van der Waals surface area contributed by atoms with Crippen LogP contribution in [0, 0.1) is 0 Å². The van der Waals surface area contributed by atoms with Gasteiger partial charge < -0.3 is 10.5 Å². The van der Waals surface area contributed by atoms with Crippen LogP contribution in [0.4, 0.5) is 5.69 Å². The summed E-state index contributed by atoms with van der Waals surface area (Å²) in [6.45, 7) is 9.81. The molecule has 2 N–H and O–H groups in total. The summed E-state index contributed by atoms with van der Waals surface area (Å²) >= 11 is 0. The highest BCUT2D eigenvalue weighted by Gasteiger charge is 2.11. The number of anilines is 1. The van der Waals surface area contributed by atoms with E-state index in [1.54, 1.807) is 0 Å². The summed E-state index contributed by atoms with van der Waals surface area (Å²) in [5.41, 5.74) is 8.03. The topological polar surface area (TPSA) is 38.5 Å². The van der Waals surface area contributed by atoms with Crippen molar-refractivity contribution in [3.8, 4) is 0 Å². The normalized spacial score (nSPS) is 11.4. The first kappa shape index (κ1) is 14.0. The second-order valence-electron chi connectivity index (χ2n) is 4.46. The number of nitrogens with zero attached hydrogens (tertiary/aromatic N) is 1. The second kappa shape index (κ2) is 7.30. The molecule has 1 aromatic rings. The average molecular weight is 236 g/mol. The van der Waals surface area contributed by atoms with E-state index in [-0.39, 0.29) is 0 Å². The Morgan fingerprint density at radius 2 is 2.00 bits per heavy atom. The van der Waals surface area contributed by atoms with Gasteiger partial charge in [0.15, 0.2) is 0 Å². The molecule has 96 valence electrons. The largest absolute Gasteiger partial charge is 0.398 e. The number of rotatable bonds is 7. The first-order valence-corrected chi connectivity index (χ1v) is 6.30. The van der Waals surface area contributed by atoms with E-state index >= 15 is 0 Å². The number of nitrogen functional groups attached to an aromatic ring is 1. The van der Waals surface area contributed by atoms with Gasteiger partial charge in [0.1, 0.15) is 0 Å². The van der Waals surface area contributed by atoms with Crippen molar-refractivity contribution in [2.75, 3.05) is 25.5 Å². The summed E-state index contributed by atoms with van der Waals surface area (Å²) in [6, 6.07) is 8.54. The third kappa shape index (κ3) is 4.75. The van der Waals surface area contributed by atoms with Gasteiger partial charge in [-0.05, 0) is 32.4 Å². The lowest BCUT2D eigenvalue weighted by Gasteiger charge is -2.26. The fourth-order valence-electron chi connectivity index (χ4n) is 1.74. The Kier molecular flexibility index (Phi) is 6.01. The Bertz CT molecular complexity index is 326. The molecule has 0 atom stereocenters. The molecule has 1 rings (SSSR count). The molecular weight excluding hydrogens is 212 g/mol. The third-order valence-corrected chi connectivity index (χ3v) is 2.89. The Labute approximate surface area is 105 Å². The quantitative estimate of drug-likeness (QED) is 0.584. The molecule has 0 fully saturated rings. The molecule has 3 nitrogen and oxygen atoms in total. The molecule has 0 bridgehead atoms. The van der Waals surface area contributed by atoms with Crippen LogP contribution in [0.2, 0.25) is 0 Å². The number of hydrogen-bond acceptors (Lipinski definition) is 3. The molecule has 0 heterocycles. The fourth-order valence-corrected chi connectivity index (χ4v) is 1.74. The van der Waals surface area contributed by atoms with Crippen LogP contribution in [-0.2, 0) is 11.3 Å². The summed E-state index contributed by atoms with van der Waals surface area (Å²) in [4.78, 5) is 2.38. The van der Waals surface area contributed by atoms with Crippen molar-refractivity contribution in [2.45, 2.75) is 33.4 Å². The first-order valence-electron chi connectivity index (χ1n) is 6.30. The Balaban J connectivity index is 2.57. The van der Waals surface area contributed by atoms with E-state index in [2.05, 4.69) is 24.8 Å². The maximum absolute atomic E-state index is 5.97. The lowest BCUT2D eigenvalue weighted by atomic mass is 10.1. The van der Waals surface area contributed by atoms with Crippen LogP contribution in [0.25, 0.3) is 0 Å². The van der Waals surface area contributed by atoms with Crippen molar-refractivity contribution < 1.29 is 4.74 Å². The van der Waals surface area contributed by atoms with Crippen LogP contribution in [0.3, 0.4) is 0 Å². The third-order valence-electron chi connectivity index (χ3n) is 2.89. The average Bonchev–Trinajstić information content (AvgIpc) is 2.30. The summed E-state index contributed by atoms with van der Waals surface area (Å²) in [5, 5.41) is 0. The Morgan fingerprint density at radius 3 is 2.59 bits per heavy atom. The van der Waals surface area contributed by atoms with Gasteiger partial charge in [0.05, 0.1) is 6.61 Å². The van der Waals surface area contributed by atoms with Crippen LogP contribution in [-0.4, -0.2) is 30.7 Å². The fraction of sp³-hybridized carbons (Fsp3) is 0.571. The van der Waals surface area contributed by atoms with Gasteiger partial charge in [-0.1, -0.05) is 18.2 Å². The van der Waals surface area contributed by atoms with E-state index in [1.165, 1.54) is 5.56 Å². The van der Waals surface area contributed by atoms with Crippen molar-refractivity contribution in [1.29, 1.82) is 0 Å². The van der Waals surface area contributed by atoms with Crippen molar-refractivity contribution in [1.82, 2.24) is 4.90 Å². The van der Waals surface area contributed by atoms with E-state index in [4.69, 9.17) is 10.5 Å². The predicted octanol–water partition coefficient (Wildman–Crippen LogP) is 2.52. The molecule has 0 aliphatic rings. The molecule has 0 saturated carbocycles. The molecule has 0 saturated heterocycles. The van der Waals surface area contributed by atoms with Gasteiger partial charge in [-0.25, -0.2) is 0 Å². The van der Waals surface area contributed by atoms with Crippen molar-refractivity contribution in [3.63, 3.8) is 0 Å². The van der Waals surface area contributed by atoms with Gasteiger partial charge in [-0.2, -0.15) is 0 Å². The summed E-state index contributed by atoms with van der Waals surface area (Å²) < 4.78 is 5.41. The lowest BCUT2D eigenvalue weighted by molar-refractivity contribution is 0.0974. The minimum atomic E-state index is 0.495. The molecule has 0 unspecified atom stereocenters. The highest BCUT2D eigenvalue weighted by Crippen LogP contribution is 2.14. The van der Waals surface area contributed by atoms with E-state index < -0.39 is 0 Å². The van der Waals surface area contributed by atoms with Crippen LogP contribution < -0.4 is 5.73 Å². The first-order chi connectivity index (χ1) is 8.15. The number of hydrogen-bond donors (Lipinski definition) is 1. The highest BCUT2D eigenvalue weighted by molar-refractivity contribution is 5.46. The van der Waals surface area contributed by atoms with Gasteiger partial charge in [0.2, 0.25) is 0 Å². The maximum atomic E-state index is 5.97. The molecule has 0 aliphatic heterocycles. The van der Waals surface area contributed by atoms with Crippen molar-refractivity contribution >= 4 is 5.69 Å². The Morgan fingerprint density at radius 1 is 1.29 bits per heavy atom. The molecular formula is C14H24N2O. The zero-order chi connectivity index (χ0) is 12.7. The van der Waals surface area contributed by atoms with E-state index in [9.17, 15) is 0 Å². The Hall–Kier alpha value is -1.06. The van der Waals surface area contributed by atoms with E-state index in [0.29, 0.717) is 6.04 Å². The van der Waals surface area contributed by atoms with Gasteiger partial charge >= 0.3 is 0 Å². The zero-order valence-corrected chi connectivity index (χ0v) is 11.1. The highest BCUT2D eigenvalue weighted by atomic mass is 16.5. The maximum Gasteiger partial charge on any atom is 0.0593 e. The molecule has 0 aliphatic carbocycles. The minimum absolute atomic E-state index is 0.495. The van der Waals surface area contributed by atoms with E-state index in [1.807, 2.05) is 25.1 Å². The molecule has 0 aromatic heterocycles. The smallest absolute Gasteiger partial charge is 0.0593 e. The van der Waals surface area contributed by atoms with E-state index in [0.717, 1.165) is 32.0 Å². The van der Waals surface area contributed by atoms with Crippen LogP contribution in [0.1, 0.15) is 26.3 Å². The molecule has 1 aromatic carbocycles. The standard InChI is InChI=1S/C14H24N2O/c1-4-17-10-9-16(12(2)3)11-13-7-5-6-8-14(13)15/h5-8,12H,4,9-11,15H2,1-3H3. The molecule has 0 amide bonds.